The number of rotatable bonds is 4. The summed E-state index contributed by atoms with van der Waals surface area (Å²) in [4.78, 5) is 0. The molecular weight excluding hydrogens is 392 g/mol. The molecule has 4 aliphatic carbocycles. The number of aliphatic hydroxyl groups excluding tert-OH is 1. The molecule has 4 saturated carbocycles. The third kappa shape index (κ3) is 3.40. The van der Waals surface area contributed by atoms with Crippen LogP contribution in [0.3, 0.4) is 0 Å². The highest BCUT2D eigenvalue weighted by molar-refractivity contribution is 5.18. The predicted octanol–water partition coefficient (Wildman–Crippen LogP) is 7.53. The van der Waals surface area contributed by atoms with Crippen LogP contribution in [0, 0.1) is 45.3 Å². The lowest BCUT2D eigenvalue weighted by atomic mass is 9.35. The summed E-state index contributed by atoms with van der Waals surface area (Å²) in [5.74, 6) is 2.45. The van der Waals surface area contributed by atoms with Crippen molar-refractivity contribution in [1.29, 1.82) is 0 Å². The van der Waals surface area contributed by atoms with E-state index in [2.05, 4.69) is 61.5 Å². The van der Waals surface area contributed by atoms with Gasteiger partial charge in [0.15, 0.2) is 0 Å². The van der Waals surface area contributed by atoms with Crippen LogP contribution in [-0.2, 0) is 0 Å². The monoisotopic (exact) mass is 444 g/mol. The third-order valence-electron chi connectivity index (χ3n) is 12.4. The highest BCUT2D eigenvalue weighted by Crippen LogP contribution is 2.75. The second kappa shape index (κ2) is 7.84. The average Bonchev–Trinajstić information content (AvgIpc) is 3.04. The van der Waals surface area contributed by atoms with Gasteiger partial charge in [-0.15, -0.1) is 0 Å². The molecule has 2 heteroatoms. The van der Waals surface area contributed by atoms with Crippen LogP contribution in [-0.4, -0.2) is 21.9 Å². The van der Waals surface area contributed by atoms with Crippen LogP contribution in [0.1, 0.15) is 120 Å². The molecule has 0 spiro atoms. The molecule has 0 aromatic carbocycles. The largest absolute Gasteiger partial charge is 0.393 e. The van der Waals surface area contributed by atoms with Crippen LogP contribution in [0.5, 0.6) is 0 Å². The molecule has 4 aliphatic rings. The first-order valence-electron chi connectivity index (χ1n) is 13.7. The zero-order valence-corrected chi connectivity index (χ0v) is 22.4. The standard InChI is InChI=1S/C30H52O2/c1-20(2)10-9-16-30(8,32)22-13-18-28(6)21(22)11-12-24-27(5)17-15-25(31)26(3,4)23(27)14-19-29(24,28)7/h10,21-25,31-32H,9,11-19H2,1-8H3/t21?,22-,23-,24+,25-,27-,28+,29+,30?/m0/s1. The van der Waals surface area contributed by atoms with E-state index in [1.807, 2.05) is 0 Å². The Bertz CT molecular complexity index is 746. The fourth-order valence-electron chi connectivity index (χ4n) is 10.3. The Morgan fingerprint density at radius 2 is 1.53 bits per heavy atom. The minimum absolute atomic E-state index is 0.0267. The Kier molecular flexibility index (Phi) is 6.07. The van der Waals surface area contributed by atoms with Crippen molar-refractivity contribution in [1.82, 2.24) is 0 Å². The second-order valence-corrected chi connectivity index (χ2v) is 14.4. The molecule has 0 radical (unpaired) electrons. The van der Waals surface area contributed by atoms with Crippen molar-refractivity contribution in [3.63, 3.8) is 0 Å². The average molecular weight is 445 g/mol. The normalized spacial score (nSPS) is 49.4. The smallest absolute Gasteiger partial charge is 0.0653 e. The summed E-state index contributed by atoms with van der Waals surface area (Å²) in [6.45, 7) is 19.0. The van der Waals surface area contributed by atoms with Gasteiger partial charge in [-0.1, -0.05) is 46.3 Å². The van der Waals surface area contributed by atoms with Gasteiger partial charge in [0.2, 0.25) is 0 Å². The van der Waals surface area contributed by atoms with E-state index in [0.717, 1.165) is 25.2 Å². The SMILES string of the molecule is CC(C)=CCCC(C)(O)[C@H]1CC[C@]2(C)C1CC[C@@H]1[C@@]3(C)CC[C@H](O)C(C)(C)[C@@H]3CC[C@]12C. The first kappa shape index (κ1) is 24.8. The van der Waals surface area contributed by atoms with Gasteiger partial charge in [0, 0.05) is 0 Å². The molecule has 32 heavy (non-hydrogen) atoms. The Labute approximate surface area is 198 Å². The molecular formula is C30H52O2. The van der Waals surface area contributed by atoms with Crippen molar-refractivity contribution >= 4 is 0 Å². The van der Waals surface area contributed by atoms with Crippen molar-refractivity contribution in [3.05, 3.63) is 11.6 Å². The maximum atomic E-state index is 11.6. The Balaban J connectivity index is 1.61. The van der Waals surface area contributed by atoms with Crippen LogP contribution < -0.4 is 0 Å². The predicted molar refractivity (Wildman–Crippen MR) is 134 cm³/mol. The van der Waals surface area contributed by atoms with Crippen LogP contribution in [0.15, 0.2) is 11.6 Å². The lowest BCUT2D eigenvalue weighted by molar-refractivity contribution is -0.225. The van der Waals surface area contributed by atoms with Gasteiger partial charge < -0.3 is 10.2 Å². The summed E-state index contributed by atoms with van der Waals surface area (Å²) >= 11 is 0. The lowest BCUT2D eigenvalue weighted by Gasteiger charge is -2.70. The molecule has 0 heterocycles. The van der Waals surface area contributed by atoms with Crippen molar-refractivity contribution in [2.24, 2.45) is 45.3 Å². The molecule has 9 atom stereocenters. The molecule has 4 fully saturated rings. The van der Waals surface area contributed by atoms with Crippen molar-refractivity contribution in [3.8, 4) is 0 Å². The van der Waals surface area contributed by atoms with Crippen LogP contribution in [0.25, 0.3) is 0 Å². The maximum Gasteiger partial charge on any atom is 0.0653 e. The first-order chi connectivity index (χ1) is 14.7. The molecule has 0 saturated heterocycles. The van der Waals surface area contributed by atoms with E-state index in [-0.39, 0.29) is 11.5 Å². The summed E-state index contributed by atoms with van der Waals surface area (Å²) in [6.07, 6.45) is 13.8. The zero-order chi connectivity index (χ0) is 23.7. The fraction of sp³-hybridized carbons (Fsp3) is 0.933. The van der Waals surface area contributed by atoms with E-state index in [0.29, 0.717) is 34.0 Å². The van der Waals surface area contributed by atoms with Crippen molar-refractivity contribution in [2.75, 3.05) is 0 Å². The van der Waals surface area contributed by atoms with Gasteiger partial charge in [0.05, 0.1) is 11.7 Å². The first-order valence-corrected chi connectivity index (χ1v) is 13.7. The molecule has 0 aromatic rings. The number of fused-ring (bicyclic) bond motifs is 5. The van der Waals surface area contributed by atoms with Crippen LogP contribution >= 0.6 is 0 Å². The summed E-state index contributed by atoms with van der Waals surface area (Å²) in [6, 6.07) is 0. The highest BCUT2D eigenvalue weighted by Gasteiger charge is 2.69. The Hall–Kier alpha value is -0.340. The summed E-state index contributed by atoms with van der Waals surface area (Å²) in [5.41, 5.74) is 1.84. The number of hydrogen-bond donors (Lipinski definition) is 2. The van der Waals surface area contributed by atoms with E-state index in [9.17, 15) is 10.2 Å². The molecule has 0 aliphatic heterocycles. The van der Waals surface area contributed by atoms with Crippen LogP contribution in [0.2, 0.25) is 0 Å². The highest BCUT2D eigenvalue weighted by atomic mass is 16.3. The minimum Gasteiger partial charge on any atom is -0.393 e. The van der Waals surface area contributed by atoms with E-state index < -0.39 is 5.60 Å². The molecule has 2 unspecified atom stereocenters. The second-order valence-electron chi connectivity index (χ2n) is 14.4. The molecule has 0 aromatic heterocycles. The van der Waals surface area contributed by atoms with Gasteiger partial charge in [-0.05, 0) is 130 Å². The number of hydrogen-bond acceptors (Lipinski definition) is 2. The molecule has 184 valence electrons. The molecule has 2 nitrogen and oxygen atoms in total. The van der Waals surface area contributed by atoms with E-state index in [1.165, 1.54) is 50.5 Å². The quantitative estimate of drug-likeness (QED) is 0.440. The zero-order valence-electron chi connectivity index (χ0n) is 22.4. The van der Waals surface area contributed by atoms with E-state index in [1.54, 1.807) is 0 Å². The Morgan fingerprint density at radius 1 is 0.875 bits per heavy atom. The van der Waals surface area contributed by atoms with Gasteiger partial charge in [-0.25, -0.2) is 0 Å². The maximum absolute atomic E-state index is 11.6. The molecule has 4 rings (SSSR count). The molecule has 0 bridgehead atoms. The Morgan fingerprint density at radius 3 is 2.19 bits per heavy atom. The number of aliphatic hydroxyl groups is 2. The van der Waals surface area contributed by atoms with Gasteiger partial charge >= 0.3 is 0 Å². The van der Waals surface area contributed by atoms with Gasteiger partial charge in [-0.2, -0.15) is 0 Å². The molecule has 0 amide bonds. The van der Waals surface area contributed by atoms with Crippen molar-refractivity contribution in [2.45, 2.75) is 131 Å². The van der Waals surface area contributed by atoms with E-state index >= 15 is 0 Å². The number of allylic oxidation sites excluding steroid dienone is 2. The van der Waals surface area contributed by atoms with Gasteiger partial charge in [0.25, 0.3) is 0 Å². The van der Waals surface area contributed by atoms with Gasteiger partial charge in [0.1, 0.15) is 0 Å². The lowest BCUT2D eigenvalue weighted by Crippen LogP contribution is -2.64. The summed E-state index contributed by atoms with van der Waals surface area (Å²) < 4.78 is 0. The van der Waals surface area contributed by atoms with Gasteiger partial charge in [-0.3, -0.25) is 0 Å². The third-order valence-corrected chi connectivity index (χ3v) is 12.4. The van der Waals surface area contributed by atoms with E-state index in [4.69, 9.17) is 0 Å². The summed E-state index contributed by atoms with van der Waals surface area (Å²) in [5, 5.41) is 22.5. The summed E-state index contributed by atoms with van der Waals surface area (Å²) in [7, 11) is 0. The fourth-order valence-corrected chi connectivity index (χ4v) is 10.3. The molecule has 2 N–H and O–H groups in total. The van der Waals surface area contributed by atoms with Crippen LogP contribution in [0.4, 0.5) is 0 Å². The topological polar surface area (TPSA) is 40.5 Å². The minimum atomic E-state index is -0.560. The van der Waals surface area contributed by atoms with Crippen molar-refractivity contribution < 1.29 is 10.2 Å².